The normalized spacial score (nSPS) is 10.6. The molecule has 1 aromatic heterocycles. The molecule has 1 heteroatoms. The van der Waals surface area contributed by atoms with Crippen LogP contribution in [0.1, 0.15) is 50.2 Å². The van der Waals surface area contributed by atoms with Crippen molar-refractivity contribution in [2.75, 3.05) is 0 Å². The highest BCUT2D eigenvalue weighted by atomic mass is 14.7. The van der Waals surface area contributed by atoms with Gasteiger partial charge in [0.25, 0.3) is 0 Å². The van der Waals surface area contributed by atoms with Gasteiger partial charge in [0.2, 0.25) is 0 Å². The molecule has 0 aliphatic heterocycles. The quantitative estimate of drug-likeness (QED) is 0.409. The molecule has 0 unspecified atom stereocenters. The van der Waals surface area contributed by atoms with E-state index < -0.39 is 0 Å². The summed E-state index contributed by atoms with van der Waals surface area (Å²) < 4.78 is 0. The second kappa shape index (κ2) is 9.19. The highest BCUT2D eigenvalue weighted by molar-refractivity contribution is 5.59. The summed E-state index contributed by atoms with van der Waals surface area (Å²) in [6.07, 6.45) is 12.3. The van der Waals surface area contributed by atoms with Crippen molar-refractivity contribution >= 4 is 0 Å². The SMILES string of the molecule is C=CCCCc1ccc(-c2ccc(CCCCC)cc2)nc1. The number of hydrogen-bond acceptors (Lipinski definition) is 1. The zero-order chi connectivity index (χ0) is 15.6. The van der Waals surface area contributed by atoms with Gasteiger partial charge in [0.1, 0.15) is 0 Å². The van der Waals surface area contributed by atoms with E-state index in [-0.39, 0.29) is 0 Å². The van der Waals surface area contributed by atoms with Gasteiger partial charge in [-0.1, -0.05) is 56.2 Å². The molecule has 0 bridgehead atoms. The van der Waals surface area contributed by atoms with Crippen LogP contribution in [0.15, 0.2) is 55.3 Å². The van der Waals surface area contributed by atoms with E-state index in [0.29, 0.717) is 0 Å². The third kappa shape index (κ3) is 5.14. The standard InChI is InChI=1S/C21H27N/c1-3-5-7-9-18-11-14-20(15-12-18)21-16-13-19(17-22-21)10-8-6-4-2/h4,11-17H,2-3,5-10H2,1H3. The van der Waals surface area contributed by atoms with E-state index in [1.165, 1.54) is 42.4 Å². The number of aryl methyl sites for hydroxylation is 2. The minimum Gasteiger partial charge on any atom is -0.256 e. The Kier molecular flexibility index (Phi) is 6.89. The largest absolute Gasteiger partial charge is 0.256 e. The molecule has 116 valence electrons. The van der Waals surface area contributed by atoms with Crippen molar-refractivity contribution in [3.63, 3.8) is 0 Å². The molecule has 0 saturated heterocycles. The highest BCUT2D eigenvalue weighted by Gasteiger charge is 2.01. The van der Waals surface area contributed by atoms with Crippen LogP contribution in [0.2, 0.25) is 0 Å². The monoisotopic (exact) mass is 293 g/mol. The predicted octanol–water partition coefficient (Wildman–Crippen LogP) is 5.99. The van der Waals surface area contributed by atoms with Crippen LogP contribution in [0.3, 0.4) is 0 Å². The predicted molar refractivity (Wildman–Crippen MR) is 96.0 cm³/mol. The zero-order valence-electron chi connectivity index (χ0n) is 13.7. The molecule has 0 aliphatic rings. The van der Waals surface area contributed by atoms with Gasteiger partial charge in [-0.05, 0) is 49.3 Å². The summed E-state index contributed by atoms with van der Waals surface area (Å²) in [5.74, 6) is 0. The lowest BCUT2D eigenvalue weighted by molar-refractivity contribution is 0.717. The van der Waals surface area contributed by atoms with Gasteiger partial charge < -0.3 is 0 Å². The summed E-state index contributed by atoms with van der Waals surface area (Å²) >= 11 is 0. The molecule has 22 heavy (non-hydrogen) atoms. The van der Waals surface area contributed by atoms with Crippen LogP contribution in [-0.2, 0) is 12.8 Å². The van der Waals surface area contributed by atoms with Crippen molar-refractivity contribution in [3.8, 4) is 11.3 Å². The molecule has 0 fully saturated rings. The Morgan fingerprint density at radius 1 is 0.909 bits per heavy atom. The summed E-state index contributed by atoms with van der Waals surface area (Å²) in [6, 6.07) is 13.2. The maximum absolute atomic E-state index is 4.61. The van der Waals surface area contributed by atoms with E-state index in [9.17, 15) is 0 Å². The molecule has 0 aliphatic carbocycles. The minimum atomic E-state index is 1.06. The molecule has 0 N–H and O–H groups in total. The third-order valence-electron chi connectivity index (χ3n) is 4.02. The molecule has 0 radical (unpaired) electrons. The summed E-state index contributed by atoms with van der Waals surface area (Å²) in [4.78, 5) is 4.61. The summed E-state index contributed by atoms with van der Waals surface area (Å²) in [6.45, 7) is 6.01. The molecular weight excluding hydrogens is 266 g/mol. The number of allylic oxidation sites excluding steroid dienone is 1. The maximum atomic E-state index is 4.61. The first kappa shape index (κ1) is 16.5. The van der Waals surface area contributed by atoms with Crippen LogP contribution < -0.4 is 0 Å². The zero-order valence-corrected chi connectivity index (χ0v) is 13.7. The molecule has 1 nitrogen and oxygen atoms in total. The lowest BCUT2D eigenvalue weighted by atomic mass is 10.0. The van der Waals surface area contributed by atoms with E-state index in [1.807, 2.05) is 12.3 Å². The van der Waals surface area contributed by atoms with Gasteiger partial charge in [-0.2, -0.15) is 0 Å². The number of aromatic nitrogens is 1. The third-order valence-corrected chi connectivity index (χ3v) is 4.02. The molecular formula is C21H27N. The Bertz CT molecular complexity index is 551. The molecule has 0 saturated carbocycles. The van der Waals surface area contributed by atoms with E-state index >= 15 is 0 Å². The van der Waals surface area contributed by atoms with Crippen molar-refractivity contribution in [2.24, 2.45) is 0 Å². The second-order valence-corrected chi connectivity index (χ2v) is 5.89. The Morgan fingerprint density at radius 3 is 2.27 bits per heavy atom. The van der Waals surface area contributed by atoms with Crippen LogP contribution in [0.25, 0.3) is 11.3 Å². The van der Waals surface area contributed by atoms with E-state index in [4.69, 9.17) is 0 Å². The van der Waals surface area contributed by atoms with Crippen molar-refractivity contribution in [1.82, 2.24) is 4.98 Å². The molecule has 1 heterocycles. The van der Waals surface area contributed by atoms with Crippen molar-refractivity contribution in [2.45, 2.75) is 51.9 Å². The van der Waals surface area contributed by atoms with Gasteiger partial charge in [-0.25, -0.2) is 0 Å². The Balaban J connectivity index is 1.94. The van der Waals surface area contributed by atoms with E-state index in [1.54, 1.807) is 0 Å². The number of pyridine rings is 1. The van der Waals surface area contributed by atoms with E-state index in [2.05, 4.69) is 54.9 Å². The molecule has 0 spiro atoms. The molecule has 0 atom stereocenters. The Morgan fingerprint density at radius 2 is 1.64 bits per heavy atom. The Labute approximate surface area is 135 Å². The van der Waals surface area contributed by atoms with Crippen molar-refractivity contribution < 1.29 is 0 Å². The van der Waals surface area contributed by atoms with Gasteiger partial charge in [-0.15, -0.1) is 6.58 Å². The summed E-state index contributed by atoms with van der Waals surface area (Å²) in [7, 11) is 0. The number of benzene rings is 1. The van der Waals surface area contributed by atoms with Gasteiger partial charge >= 0.3 is 0 Å². The van der Waals surface area contributed by atoms with Gasteiger partial charge in [0.15, 0.2) is 0 Å². The fourth-order valence-electron chi connectivity index (χ4n) is 2.61. The number of hydrogen-bond donors (Lipinski definition) is 0. The second-order valence-electron chi connectivity index (χ2n) is 5.89. The van der Waals surface area contributed by atoms with Crippen LogP contribution >= 0.6 is 0 Å². The molecule has 0 amide bonds. The van der Waals surface area contributed by atoms with Crippen molar-refractivity contribution in [1.29, 1.82) is 0 Å². The average Bonchev–Trinajstić information content (AvgIpc) is 2.57. The van der Waals surface area contributed by atoms with Crippen LogP contribution in [0.5, 0.6) is 0 Å². The summed E-state index contributed by atoms with van der Waals surface area (Å²) in [5, 5.41) is 0. The molecule has 2 aromatic rings. The first-order valence-electron chi connectivity index (χ1n) is 8.48. The first-order valence-corrected chi connectivity index (χ1v) is 8.48. The minimum absolute atomic E-state index is 1.06. The first-order chi connectivity index (χ1) is 10.8. The van der Waals surface area contributed by atoms with Gasteiger partial charge in [0.05, 0.1) is 5.69 Å². The number of nitrogens with zero attached hydrogens (tertiary/aromatic N) is 1. The molecule has 1 aromatic carbocycles. The van der Waals surface area contributed by atoms with Crippen LogP contribution in [0.4, 0.5) is 0 Å². The van der Waals surface area contributed by atoms with Gasteiger partial charge in [-0.3, -0.25) is 4.98 Å². The average molecular weight is 293 g/mol. The summed E-state index contributed by atoms with van der Waals surface area (Å²) in [5.41, 5.74) is 5.00. The lowest BCUT2D eigenvalue weighted by Crippen LogP contribution is -1.90. The smallest absolute Gasteiger partial charge is 0.0702 e. The topological polar surface area (TPSA) is 12.9 Å². The van der Waals surface area contributed by atoms with E-state index in [0.717, 1.165) is 25.0 Å². The lowest BCUT2D eigenvalue weighted by Gasteiger charge is -2.05. The fourth-order valence-corrected chi connectivity index (χ4v) is 2.61. The number of unbranched alkanes of at least 4 members (excludes halogenated alkanes) is 3. The Hall–Kier alpha value is -1.89. The van der Waals surface area contributed by atoms with Crippen LogP contribution in [-0.4, -0.2) is 4.98 Å². The van der Waals surface area contributed by atoms with Gasteiger partial charge in [0, 0.05) is 11.8 Å². The molecule has 2 rings (SSSR count). The highest BCUT2D eigenvalue weighted by Crippen LogP contribution is 2.19. The van der Waals surface area contributed by atoms with Crippen LogP contribution in [0, 0.1) is 0 Å². The number of rotatable bonds is 9. The van der Waals surface area contributed by atoms with Crippen molar-refractivity contribution in [3.05, 3.63) is 66.4 Å². The maximum Gasteiger partial charge on any atom is 0.0702 e. The fraction of sp³-hybridized carbons (Fsp3) is 0.381.